The molecule has 3 heterocycles. The Hall–Kier alpha value is -4.20. The number of nitrogens with two attached hydrogens (primary N) is 1. The van der Waals surface area contributed by atoms with Crippen LogP contribution < -0.4 is 10.6 Å². The Bertz CT molecular complexity index is 1460. The summed E-state index contributed by atoms with van der Waals surface area (Å²) >= 11 is 0. The Balaban J connectivity index is 1.51. The number of hydrogen-bond donors (Lipinski definition) is 1. The summed E-state index contributed by atoms with van der Waals surface area (Å²) in [5.41, 5.74) is 5.27. The molecular weight excluding hydrogens is 400 g/mol. The van der Waals surface area contributed by atoms with E-state index in [-0.39, 0.29) is 4.59 Å². The summed E-state index contributed by atoms with van der Waals surface area (Å²) in [7, 11) is 1.62. The van der Waals surface area contributed by atoms with Crippen LogP contribution >= 0.6 is 0 Å². The van der Waals surface area contributed by atoms with Crippen molar-refractivity contribution in [3.8, 4) is 17.3 Å². The second-order valence-electron chi connectivity index (χ2n) is 7.66. The van der Waals surface area contributed by atoms with E-state index in [9.17, 15) is 0 Å². The van der Waals surface area contributed by atoms with Crippen molar-refractivity contribution in [3.63, 3.8) is 0 Å². The molecule has 1 unspecified atom stereocenters. The maximum Gasteiger partial charge on any atom is 0.265 e. The van der Waals surface area contributed by atoms with Gasteiger partial charge in [0.2, 0.25) is 11.6 Å². The van der Waals surface area contributed by atoms with Crippen molar-refractivity contribution in [2.24, 2.45) is 15.8 Å². The van der Waals surface area contributed by atoms with E-state index in [2.05, 4.69) is 9.98 Å². The molecule has 2 N–H and O–H groups in total. The minimum Gasteiger partial charge on any atom is -0.480 e. The van der Waals surface area contributed by atoms with Crippen LogP contribution in [0.15, 0.2) is 106 Å². The van der Waals surface area contributed by atoms with Crippen molar-refractivity contribution < 1.29 is 9.33 Å². The normalized spacial score (nSPS) is 20.8. The number of rotatable bonds is 4. The standard InChI is InChI=1S/C25H19N6O/c1-32-25-19-11-10-18(14-20(19)28-23(30-25)17-6-3-2-4-7-17)24-29-22(16-8-5-9-16)21-15-27-12-13-31(21,24)26/h2-15H,26H2,1H3/q+1. The molecule has 0 fully saturated rings. The Kier molecular flexibility index (Phi) is 4.01. The molecule has 0 saturated carbocycles. The molecule has 6 rings (SSSR count). The molecule has 0 radical (unpaired) electrons. The lowest BCUT2D eigenvalue weighted by Gasteiger charge is -2.26. The van der Waals surface area contributed by atoms with Crippen molar-refractivity contribution in [2.45, 2.75) is 0 Å². The van der Waals surface area contributed by atoms with Gasteiger partial charge in [0.25, 0.3) is 5.84 Å². The minimum atomic E-state index is -0.0384. The number of hydrogen-bond acceptors (Lipinski definition) is 6. The number of aliphatic imine (C=N–C) groups is 2. The molecular formula is C25H19N6O+. The van der Waals surface area contributed by atoms with Crippen molar-refractivity contribution >= 4 is 23.0 Å². The summed E-state index contributed by atoms with van der Waals surface area (Å²) in [5.74, 6) is 8.67. The number of methoxy groups -OCH3 is 1. The van der Waals surface area contributed by atoms with E-state index in [4.69, 9.17) is 20.6 Å². The van der Waals surface area contributed by atoms with Crippen LogP contribution in [0.2, 0.25) is 0 Å². The number of allylic oxidation sites excluding steroid dienone is 4. The van der Waals surface area contributed by atoms with Gasteiger partial charge in [0, 0.05) is 11.1 Å². The monoisotopic (exact) mass is 419 g/mol. The molecule has 0 bridgehead atoms. The molecule has 1 atom stereocenters. The van der Waals surface area contributed by atoms with Crippen LogP contribution in [0.3, 0.4) is 0 Å². The van der Waals surface area contributed by atoms with Gasteiger partial charge in [-0.15, -0.1) is 4.59 Å². The van der Waals surface area contributed by atoms with Gasteiger partial charge in [-0.2, -0.15) is 15.8 Å². The van der Waals surface area contributed by atoms with Gasteiger partial charge in [-0.25, -0.2) is 4.98 Å². The van der Waals surface area contributed by atoms with Crippen LogP contribution in [-0.2, 0) is 0 Å². The lowest BCUT2D eigenvalue weighted by atomic mass is 10.0. The second kappa shape index (κ2) is 6.91. The van der Waals surface area contributed by atoms with E-state index in [1.165, 1.54) is 0 Å². The van der Waals surface area contributed by atoms with Gasteiger partial charge in [0.05, 0.1) is 36.0 Å². The fourth-order valence-electron chi connectivity index (χ4n) is 4.05. The average Bonchev–Trinajstić information content (AvgIpc) is 3.10. The van der Waals surface area contributed by atoms with Crippen molar-refractivity contribution in [1.82, 2.24) is 9.97 Å². The first-order valence-corrected chi connectivity index (χ1v) is 10.2. The van der Waals surface area contributed by atoms with Crippen molar-refractivity contribution in [2.75, 3.05) is 7.11 Å². The highest BCUT2D eigenvalue weighted by Gasteiger charge is 2.44. The Morgan fingerprint density at radius 3 is 2.59 bits per heavy atom. The van der Waals surface area contributed by atoms with E-state index >= 15 is 0 Å². The molecule has 2 aromatic carbocycles. The topological polar surface area (TPSA) is 85.8 Å². The lowest BCUT2D eigenvalue weighted by Crippen LogP contribution is -2.53. The van der Waals surface area contributed by atoms with Gasteiger partial charge in [-0.3, -0.25) is 4.99 Å². The third-order valence-electron chi connectivity index (χ3n) is 5.76. The molecule has 32 heavy (non-hydrogen) atoms. The molecule has 7 heteroatoms. The molecule has 0 amide bonds. The highest BCUT2D eigenvalue weighted by Crippen LogP contribution is 2.37. The van der Waals surface area contributed by atoms with Crippen LogP contribution in [0.1, 0.15) is 5.56 Å². The van der Waals surface area contributed by atoms with E-state index in [1.807, 2.05) is 73.0 Å². The largest absolute Gasteiger partial charge is 0.480 e. The molecule has 1 aromatic heterocycles. The zero-order chi connectivity index (χ0) is 21.7. The fraction of sp³-hybridized carbons (Fsp3) is 0.0400. The number of quaternary nitrogens is 1. The van der Waals surface area contributed by atoms with Gasteiger partial charge in [0.1, 0.15) is 11.9 Å². The highest BCUT2D eigenvalue weighted by atomic mass is 16.5. The van der Waals surface area contributed by atoms with Gasteiger partial charge >= 0.3 is 0 Å². The van der Waals surface area contributed by atoms with Crippen LogP contribution in [0.4, 0.5) is 0 Å². The predicted octanol–water partition coefficient (Wildman–Crippen LogP) is 4.02. The quantitative estimate of drug-likeness (QED) is 0.511. The first kappa shape index (κ1) is 18.6. The predicted molar refractivity (Wildman–Crippen MR) is 124 cm³/mol. The van der Waals surface area contributed by atoms with Crippen molar-refractivity contribution in [3.05, 3.63) is 102 Å². The zero-order valence-electron chi connectivity index (χ0n) is 17.3. The smallest absolute Gasteiger partial charge is 0.265 e. The third-order valence-corrected chi connectivity index (χ3v) is 5.76. The van der Waals surface area contributed by atoms with Gasteiger partial charge in [-0.1, -0.05) is 48.6 Å². The number of fused-ring (bicyclic) bond motifs is 2. The first-order chi connectivity index (χ1) is 15.7. The summed E-state index contributed by atoms with van der Waals surface area (Å²) < 4.78 is 5.53. The van der Waals surface area contributed by atoms with Crippen LogP contribution in [-0.4, -0.2) is 33.7 Å². The molecule has 3 aliphatic rings. The fourth-order valence-corrected chi connectivity index (χ4v) is 4.05. The van der Waals surface area contributed by atoms with Gasteiger partial charge < -0.3 is 4.74 Å². The molecule has 1 aliphatic carbocycles. The van der Waals surface area contributed by atoms with Crippen LogP contribution in [0, 0.1) is 0 Å². The molecule has 0 saturated heterocycles. The SMILES string of the molecule is COc1nc(-c2ccccc2)nc2cc(C3=NC(C4=CC=C4)=C4C=NC=C[N+]34N)ccc12. The Morgan fingerprint density at radius 1 is 1.00 bits per heavy atom. The highest BCUT2D eigenvalue weighted by molar-refractivity contribution is 6.03. The molecule has 2 aliphatic heterocycles. The molecule has 3 aromatic rings. The molecule has 7 nitrogen and oxygen atoms in total. The molecule has 154 valence electrons. The minimum absolute atomic E-state index is 0.0384. The number of ether oxygens (including phenoxy) is 1. The number of nitrogens with zero attached hydrogens (tertiary/aromatic N) is 5. The average molecular weight is 419 g/mol. The Morgan fingerprint density at radius 2 is 1.84 bits per heavy atom. The second-order valence-corrected chi connectivity index (χ2v) is 7.66. The van der Waals surface area contributed by atoms with E-state index in [0.717, 1.165) is 39.0 Å². The van der Waals surface area contributed by atoms with E-state index in [1.54, 1.807) is 19.5 Å². The maximum absolute atomic E-state index is 6.83. The summed E-state index contributed by atoms with van der Waals surface area (Å²) in [6.45, 7) is 0. The first-order valence-electron chi connectivity index (χ1n) is 10.2. The van der Waals surface area contributed by atoms with Crippen molar-refractivity contribution in [1.29, 1.82) is 0 Å². The number of amidine groups is 1. The Labute approximate surface area is 184 Å². The maximum atomic E-state index is 6.83. The lowest BCUT2D eigenvalue weighted by molar-refractivity contribution is -0.750. The summed E-state index contributed by atoms with van der Waals surface area (Å²) in [6.07, 6.45) is 11.4. The summed E-state index contributed by atoms with van der Waals surface area (Å²) in [6, 6.07) is 15.8. The van der Waals surface area contributed by atoms with E-state index in [0.29, 0.717) is 17.5 Å². The number of benzene rings is 2. The van der Waals surface area contributed by atoms with Crippen LogP contribution in [0.5, 0.6) is 5.88 Å². The summed E-state index contributed by atoms with van der Waals surface area (Å²) in [4.78, 5) is 18.6. The zero-order valence-corrected chi connectivity index (χ0v) is 17.3. The van der Waals surface area contributed by atoms with Gasteiger partial charge in [0.15, 0.2) is 5.82 Å². The molecule has 0 spiro atoms. The third kappa shape index (κ3) is 2.69. The summed E-state index contributed by atoms with van der Waals surface area (Å²) in [5, 5.41) is 0.826. The van der Waals surface area contributed by atoms with Crippen LogP contribution in [0.25, 0.3) is 22.3 Å². The van der Waals surface area contributed by atoms with E-state index < -0.39 is 0 Å². The van der Waals surface area contributed by atoms with Gasteiger partial charge in [-0.05, 0) is 18.2 Å². The number of aromatic nitrogens is 2.